The number of benzene rings is 2. The minimum Gasteiger partial charge on any atom is -0.458 e. The third-order valence-electron chi connectivity index (χ3n) is 12.5. The van der Waals surface area contributed by atoms with Crippen LogP contribution in [0.2, 0.25) is 0 Å². The Hall–Kier alpha value is -7.66. The predicted octanol–water partition coefficient (Wildman–Crippen LogP) is -0.00900. The molecule has 0 saturated heterocycles. The standard InChI is InChI=1S/C50H56N8O14/c1-3-31-32-20-30(14-15-36(32)56-46-33(31)25-58-38(46)21-35-34(48(58)67)26-71-49(68)50(35,69)4-2)72-45(65)27-70-28-54-41(61)23-53-47(66)37(19-29-11-7-5-8-12-29)55-42(62)24-52-40(60)22-51-39(59)13-9-6-10-18-57-43(63)16-17-44(57)64/h5,7-8,11-12,14-17,20-21,37,47,53,66,69H,3-4,6,9-10,13,18-19,22-28H2,1-2H3,(H,51,59)(H,52,60)(H,54,61)(H,55,62)/t37-,47?,50-/m0/s1. The molecule has 0 fully saturated rings. The Morgan fingerprint density at radius 2 is 1.57 bits per heavy atom. The number of fused-ring (bicyclic) bond motifs is 5. The van der Waals surface area contributed by atoms with Gasteiger partial charge in [0.05, 0.1) is 54.7 Å². The Labute approximate surface area is 412 Å². The molecule has 2 aromatic heterocycles. The molecule has 0 spiro atoms. The number of aliphatic hydroxyl groups is 2. The number of rotatable bonds is 24. The van der Waals surface area contributed by atoms with Crippen molar-refractivity contribution in [2.45, 2.75) is 89.8 Å². The summed E-state index contributed by atoms with van der Waals surface area (Å²) < 4.78 is 17.6. The molecule has 3 atom stereocenters. The normalized spacial score (nSPS) is 16.3. The van der Waals surface area contributed by atoms with E-state index in [0.29, 0.717) is 48.0 Å². The van der Waals surface area contributed by atoms with E-state index in [9.17, 15) is 53.4 Å². The Morgan fingerprint density at radius 1 is 0.847 bits per heavy atom. The van der Waals surface area contributed by atoms with Gasteiger partial charge in [0.1, 0.15) is 31.9 Å². The highest BCUT2D eigenvalue weighted by Gasteiger charge is 2.45. The van der Waals surface area contributed by atoms with Gasteiger partial charge in [0, 0.05) is 41.6 Å². The molecule has 72 heavy (non-hydrogen) atoms. The van der Waals surface area contributed by atoms with Gasteiger partial charge in [-0.25, -0.2) is 14.6 Å². The van der Waals surface area contributed by atoms with Crippen molar-refractivity contribution in [3.63, 3.8) is 0 Å². The Morgan fingerprint density at radius 3 is 2.31 bits per heavy atom. The lowest BCUT2D eigenvalue weighted by Crippen LogP contribution is -2.54. The number of nitrogens with zero attached hydrogens (tertiary/aromatic N) is 3. The van der Waals surface area contributed by atoms with Crippen molar-refractivity contribution in [2.24, 2.45) is 0 Å². The summed E-state index contributed by atoms with van der Waals surface area (Å²) in [6.45, 7) is 1.64. The zero-order chi connectivity index (χ0) is 51.5. The number of ether oxygens (including phenoxy) is 3. The van der Waals surface area contributed by atoms with Crippen molar-refractivity contribution in [1.29, 1.82) is 0 Å². The van der Waals surface area contributed by atoms with Gasteiger partial charge in [-0.15, -0.1) is 0 Å². The molecule has 7 N–H and O–H groups in total. The van der Waals surface area contributed by atoms with Gasteiger partial charge in [0.2, 0.25) is 23.6 Å². The van der Waals surface area contributed by atoms with Gasteiger partial charge < -0.3 is 50.3 Å². The first kappa shape index (κ1) is 52.2. The number of esters is 2. The smallest absolute Gasteiger partial charge is 0.343 e. The van der Waals surface area contributed by atoms with Gasteiger partial charge >= 0.3 is 11.9 Å². The van der Waals surface area contributed by atoms with Crippen molar-refractivity contribution in [1.82, 2.24) is 41.0 Å². The van der Waals surface area contributed by atoms with E-state index in [2.05, 4.69) is 26.6 Å². The zero-order valence-corrected chi connectivity index (χ0v) is 39.7. The van der Waals surface area contributed by atoms with Crippen molar-refractivity contribution < 1.29 is 62.8 Å². The highest BCUT2D eigenvalue weighted by molar-refractivity contribution is 6.12. The molecule has 6 amide bonds. The number of carbonyl (C=O) groups is 8. The van der Waals surface area contributed by atoms with Crippen LogP contribution in [0.3, 0.4) is 0 Å². The molecule has 22 heteroatoms. The Balaban J connectivity index is 0.833. The summed E-state index contributed by atoms with van der Waals surface area (Å²) in [5.74, 6) is -4.35. The number of aryl methyl sites for hydroxylation is 1. The molecule has 3 aliphatic heterocycles. The molecule has 0 aliphatic carbocycles. The molecular formula is C50H56N8O14. The molecule has 0 radical (unpaired) electrons. The average molecular weight is 993 g/mol. The summed E-state index contributed by atoms with van der Waals surface area (Å²) in [5, 5.41) is 35.6. The van der Waals surface area contributed by atoms with Crippen LogP contribution in [0, 0.1) is 0 Å². The summed E-state index contributed by atoms with van der Waals surface area (Å²) >= 11 is 0. The van der Waals surface area contributed by atoms with Crippen LogP contribution in [0.5, 0.6) is 5.75 Å². The van der Waals surface area contributed by atoms with E-state index < -0.39 is 67.2 Å². The fourth-order valence-electron chi connectivity index (χ4n) is 8.70. The van der Waals surface area contributed by atoms with E-state index in [4.69, 9.17) is 19.2 Å². The third-order valence-corrected chi connectivity index (χ3v) is 12.5. The summed E-state index contributed by atoms with van der Waals surface area (Å²) in [4.78, 5) is 118. The van der Waals surface area contributed by atoms with E-state index in [-0.39, 0.29) is 92.4 Å². The van der Waals surface area contributed by atoms with Gasteiger partial charge in [-0.3, -0.25) is 43.8 Å². The first-order chi connectivity index (χ1) is 34.6. The van der Waals surface area contributed by atoms with E-state index >= 15 is 0 Å². The molecule has 2 aromatic carbocycles. The monoisotopic (exact) mass is 992 g/mol. The SMILES string of the molecule is CCc1c2c(nc3ccc(OC(=O)COCNC(=O)CNC(O)[C@H](Cc4ccccc4)NC(=O)CNC(=O)CNC(=O)CCCCCN4C(=O)C=CC4=O)cc13)-c1cc3c(c(=O)n1C2)COC(=O)[C@]3(O)CC. The fraction of sp³-hybridized carbons (Fsp3) is 0.400. The zero-order valence-electron chi connectivity index (χ0n) is 39.7. The van der Waals surface area contributed by atoms with Crippen LogP contribution in [0.1, 0.15) is 73.8 Å². The van der Waals surface area contributed by atoms with Gasteiger partial charge in [0.25, 0.3) is 17.4 Å². The molecule has 0 bridgehead atoms. The number of unbranched alkanes of at least 4 members (excludes halogenated alkanes) is 2. The summed E-state index contributed by atoms with van der Waals surface area (Å²) in [6, 6.07) is 14.5. The second kappa shape index (κ2) is 23.5. The van der Waals surface area contributed by atoms with Crippen LogP contribution in [-0.4, -0.2) is 124 Å². The van der Waals surface area contributed by atoms with E-state index in [1.165, 1.54) is 12.2 Å². The van der Waals surface area contributed by atoms with Crippen LogP contribution >= 0.6 is 0 Å². The fourth-order valence-corrected chi connectivity index (χ4v) is 8.70. The third kappa shape index (κ3) is 12.3. The van der Waals surface area contributed by atoms with E-state index in [1.807, 2.05) is 6.92 Å². The minimum absolute atomic E-state index is 0.0197. The van der Waals surface area contributed by atoms with Gasteiger partial charge in [0.15, 0.2) is 5.60 Å². The van der Waals surface area contributed by atoms with Crippen LogP contribution in [0.15, 0.2) is 71.5 Å². The number of carbonyl (C=O) groups excluding carboxylic acids is 8. The van der Waals surface area contributed by atoms with Crippen LogP contribution in [0.4, 0.5) is 0 Å². The van der Waals surface area contributed by atoms with Crippen molar-refractivity contribution in [3.8, 4) is 17.1 Å². The molecule has 380 valence electrons. The van der Waals surface area contributed by atoms with Gasteiger partial charge in [-0.1, -0.05) is 50.6 Å². The first-order valence-corrected chi connectivity index (χ1v) is 23.6. The maximum absolute atomic E-state index is 13.7. The lowest BCUT2D eigenvalue weighted by atomic mass is 9.86. The van der Waals surface area contributed by atoms with Crippen LogP contribution < -0.4 is 36.9 Å². The lowest BCUT2D eigenvalue weighted by Gasteiger charge is -2.31. The van der Waals surface area contributed by atoms with Crippen LogP contribution in [-0.2, 0) is 79.4 Å². The molecule has 5 heterocycles. The molecule has 7 rings (SSSR count). The molecule has 1 unspecified atom stereocenters. The highest BCUT2D eigenvalue weighted by Crippen LogP contribution is 2.41. The second-order valence-corrected chi connectivity index (χ2v) is 17.3. The quantitative estimate of drug-likeness (QED) is 0.0141. The highest BCUT2D eigenvalue weighted by atomic mass is 16.6. The number of hydrogen-bond acceptors (Lipinski definition) is 16. The summed E-state index contributed by atoms with van der Waals surface area (Å²) in [6.07, 6.45) is 3.42. The van der Waals surface area contributed by atoms with E-state index in [1.54, 1.807) is 66.1 Å². The first-order valence-electron chi connectivity index (χ1n) is 23.6. The van der Waals surface area contributed by atoms with Gasteiger partial charge in [-0.2, -0.15) is 0 Å². The number of cyclic esters (lactones) is 1. The number of amides is 6. The van der Waals surface area contributed by atoms with E-state index in [0.717, 1.165) is 21.6 Å². The number of aromatic nitrogens is 2. The average Bonchev–Trinajstić information content (AvgIpc) is 3.90. The predicted molar refractivity (Wildman–Crippen MR) is 255 cm³/mol. The molecule has 0 saturated carbocycles. The van der Waals surface area contributed by atoms with Crippen LogP contribution in [0.25, 0.3) is 22.3 Å². The van der Waals surface area contributed by atoms with Crippen molar-refractivity contribution in [2.75, 3.05) is 39.5 Å². The summed E-state index contributed by atoms with van der Waals surface area (Å²) in [7, 11) is 0. The van der Waals surface area contributed by atoms with Gasteiger partial charge in [-0.05, 0) is 67.5 Å². The number of pyridine rings is 2. The maximum Gasteiger partial charge on any atom is 0.343 e. The largest absolute Gasteiger partial charge is 0.458 e. The molecular weight excluding hydrogens is 937 g/mol. The number of imide groups is 1. The Kier molecular flexibility index (Phi) is 17.0. The molecule has 22 nitrogen and oxygen atoms in total. The topological polar surface area (TPSA) is 303 Å². The number of aliphatic hydroxyl groups excluding tert-OH is 1. The molecule has 3 aliphatic rings. The molecule has 4 aromatic rings. The minimum atomic E-state index is -1.95. The summed E-state index contributed by atoms with van der Waals surface area (Å²) in [5.41, 5.74) is 2.12. The van der Waals surface area contributed by atoms with Crippen molar-refractivity contribution in [3.05, 3.63) is 105 Å². The number of nitrogens with one attached hydrogen (secondary N) is 5. The maximum atomic E-state index is 13.7. The second-order valence-electron chi connectivity index (χ2n) is 17.3. The Bertz CT molecular complexity index is 2850. The number of hydrogen-bond donors (Lipinski definition) is 7. The lowest BCUT2D eigenvalue weighted by molar-refractivity contribution is -0.172. The van der Waals surface area contributed by atoms with Crippen molar-refractivity contribution >= 4 is 58.3 Å².